The molecule has 0 aromatic rings. The Morgan fingerprint density at radius 1 is 1.15 bits per heavy atom. The van der Waals surface area contributed by atoms with E-state index in [1.807, 2.05) is 6.92 Å². The van der Waals surface area contributed by atoms with Crippen molar-refractivity contribution in [2.75, 3.05) is 13.1 Å². The maximum absolute atomic E-state index is 11.6. The lowest BCUT2D eigenvalue weighted by molar-refractivity contribution is -0.150. The van der Waals surface area contributed by atoms with Crippen molar-refractivity contribution >= 4 is 11.8 Å². The van der Waals surface area contributed by atoms with Crippen molar-refractivity contribution in [2.24, 2.45) is 5.92 Å². The van der Waals surface area contributed by atoms with Crippen LogP contribution in [0.5, 0.6) is 0 Å². The molecule has 0 aromatic carbocycles. The Balaban J connectivity index is 2.22. The standard InChI is InChI=1S/C9H14N2O2/c1-2-7-8(12)10-5-3-4-6-11(10)9(7)13/h7H,2-6H2,1H3. The number of carbonyl (C=O) groups excluding carboxylic acids is 2. The number of rotatable bonds is 1. The van der Waals surface area contributed by atoms with E-state index in [-0.39, 0.29) is 11.8 Å². The van der Waals surface area contributed by atoms with Gasteiger partial charge in [-0.25, -0.2) is 0 Å². The minimum absolute atomic E-state index is 0.00667. The highest BCUT2D eigenvalue weighted by Crippen LogP contribution is 2.25. The Labute approximate surface area is 77.5 Å². The van der Waals surface area contributed by atoms with Gasteiger partial charge in [-0.1, -0.05) is 6.92 Å². The molecule has 2 rings (SSSR count). The highest BCUT2D eigenvalue weighted by atomic mass is 16.2. The SMILES string of the molecule is CCC1C(=O)N2CCCCN2C1=O. The summed E-state index contributed by atoms with van der Waals surface area (Å²) in [5.41, 5.74) is 0. The lowest BCUT2D eigenvalue weighted by atomic mass is 10.1. The molecule has 0 bridgehead atoms. The molecule has 0 spiro atoms. The molecule has 0 saturated carbocycles. The third-order valence-corrected chi connectivity index (χ3v) is 2.79. The summed E-state index contributed by atoms with van der Waals surface area (Å²) in [5, 5.41) is 3.25. The summed E-state index contributed by atoms with van der Waals surface area (Å²) in [5.74, 6) is -0.377. The molecule has 4 nitrogen and oxygen atoms in total. The van der Waals surface area contributed by atoms with E-state index in [1.54, 1.807) is 10.0 Å². The molecule has 0 atom stereocenters. The molecule has 0 aliphatic carbocycles. The van der Waals surface area contributed by atoms with E-state index in [0.717, 1.165) is 25.9 Å². The van der Waals surface area contributed by atoms with Crippen molar-refractivity contribution in [3.63, 3.8) is 0 Å². The zero-order chi connectivity index (χ0) is 9.42. The van der Waals surface area contributed by atoms with Crippen LogP contribution in [0.3, 0.4) is 0 Å². The van der Waals surface area contributed by atoms with E-state index in [2.05, 4.69) is 0 Å². The zero-order valence-corrected chi connectivity index (χ0v) is 7.82. The van der Waals surface area contributed by atoms with Gasteiger partial charge in [0.2, 0.25) is 0 Å². The summed E-state index contributed by atoms with van der Waals surface area (Å²) in [7, 11) is 0. The van der Waals surface area contributed by atoms with Crippen LogP contribution in [-0.2, 0) is 9.59 Å². The van der Waals surface area contributed by atoms with Gasteiger partial charge >= 0.3 is 0 Å². The van der Waals surface area contributed by atoms with Crippen molar-refractivity contribution in [3.8, 4) is 0 Å². The van der Waals surface area contributed by atoms with Gasteiger partial charge in [0.15, 0.2) is 0 Å². The summed E-state index contributed by atoms with van der Waals surface area (Å²) in [6.45, 7) is 3.34. The van der Waals surface area contributed by atoms with E-state index in [0.29, 0.717) is 6.42 Å². The molecule has 72 valence electrons. The number of carbonyl (C=O) groups is 2. The number of hydrazine groups is 1. The van der Waals surface area contributed by atoms with Crippen LogP contribution in [-0.4, -0.2) is 34.9 Å². The number of fused-ring (bicyclic) bond motifs is 1. The zero-order valence-electron chi connectivity index (χ0n) is 7.82. The second kappa shape index (κ2) is 3.01. The van der Waals surface area contributed by atoms with Crippen molar-refractivity contribution in [1.29, 1.82) is 0 Å². The van der Waals surface area contributed by atoms with Gasteiger partial charge in [-0.05, 0) is 19.3 Å². The van der Waals surface area contributed by atoms with E-state index in [9.17, 15) is 9.59 Å². The van der Waals surface area contributed by atoms with Gasteiger partial charge in [-0.3, -0.25) is 19.6 Å². The van der Waals surface area contributed by atoms with Gasteiger partial charge < -0.3 is 0 Å². The number of hydrogen-bond acceptors (Lipinski definition) is 2. The van der Waals surface area contributed by atoms with Crippen LogP contribution in [0.1, 0.15) is 26.2 Å². The van der Waals surface area contributed by atoms with Crippen molar-refractivity contribution in [1.82, 2.24) is 10.0 Å². The Hall–Kier alpha value is -1.06. The number of nitrogens with zero attached hydrogens (tertiary/aromatic N) is 2. The Morgan fingerprint density at radius 3 is 2.00 bits per heavy atom. The molecule has 2 heterocycles. The van der Waals surface area contributed by atoms with Gasteiger partial charge in [0.05, 0.1) is 0 Å². The van der Waals surface area contributed by atoms with Crippen molar-refractivity contribution in [3.05, 3.63) is 0 Å². The van der Waals surface area contributed by atoms with E-state index in [4.69, 9.17) is 0 Å². The largest absolute Gasteiger partial charge is 0.272 e. The molecule has 0 aromatic heterocycles. The van der Waals surface area contributed by atoms with Crippen LogP contribution < -0.4 is 0 Å². The Bertz CT molecular complexity index is 228. The van der Waals surface area contributed by atoms with Gasteiger partial charge in [0.1, 0.15) is 5.92 Å². The Morgan fingerprint density at radius 2 is 1.62 bits per heavy atom. The molecule has 2 saturated heterocycles. The van der Waals surface area contributed by atoms with E-state index in [1.165, 1.54) is 0 Å². The highest BCUT2D eigenvalue weighted by Gasteiger charge is 2.44. The van der Waals surface area contributed by atoms with Crippen molar-refractivity contribution in [2.45, 2.75) is 26.2 Å². The highest BCUT2D eigenvalue weighted by molar-refractivity contribution is 6.05. The molecular formula is C9H14N2O2. The van der Waals surface area contributed by atoms with E-state index >= 15 is 0 Å². The smallest absolute Gasteiger partial charge is 0.253 e. The normalized spacial score (nSPS) is 24.1. The first kappa shape index (κ1) is 8.53. The molecule has 2 amide bonds. The van der Waals surface area contributed by atoms with Crippen LogP contribution in [0.4, 0.5) is 0 Å². The average molecular weight is 182 g/mol. The molecule has 0 N–H and O–H groups in total. The van der Waals surface area contributed by atoms with Crippen LogP contribution in [0.15, 0.2) is 0 Å². The first-order chi connectivity index (χ1) is 6.25. The number of amides is 2. The predicted molar refractivity (Wildman–Crippen MR) is 46.4 cm³/mol. The molecule has 4 heteroatoms. The summed E-state index contributed by atoms with van der Waals surface area (Å²) in [6.07, 6.45) is 2.67. The lowest BCUT2D eigenvalue weighted by Crippen LogP contribution is -2.45. The monoisotopic (exact) mass is 182 g/mol. The lowest BCUT2D eigenvalue weighted by Gasteiger charge is -2.31. The maximum Gasteiger partial charge on any atom is 0.253 e. The van der Waals surface area contributed by atoms with Crippen LogP contribution in [0, 0.1) is 5.92 Å². The number of hydrogen-bond donors (Lipinski definition) is 0. The second-order valence-electron chi connectivity index (χ2n) is 3.59. The summed E-state index contributed by atoms with van der Waals surface area (Å²) in [6, 6.07) is 0. The molecule has 2 fully saturated rings. The summed E-state index contributed by atoms with van der Waals surface area (Å²) >= 11 is 0. The van der Waals surface area contributed by atoms with Crippen LogP contribution in [0.2, 0.25) is 0 Å². The molecule has 0 unspecified atom stereocenters. The van der Waals surface area contributed by atoms with Gasteiger partial charge in [-0.2, -0.15) is 0 Å². The minimum Gasteiger partial charge on any atom is -0.272 e. The third-order valence-electron chi connectivity index (χ3n) is 2.79. The molecule has 2 aliphatic rings. The third kappa shape index (κ3) is 1.12. The first-order valence-corrected chi connectivity index (χ1v) is 4.88. The second-order valence-corrected chi connectivity index (χ2v) is 3.59. The van der Waals surface area contributed by atoms with Gasteiger partial charge in [-0.15, -0.1) is 0 Å². The average Bonchev–Trinajstić information content (AvgIpc) is 2.41. The predicted octanol–water partition coefficient (Wildman–Crippen LogP) is 0.392. The van der Waals surface area contributed by atoms with Gasteiger partial charge in [0.25, 0.3) is 11.8 Å². The maximum atomic E-state index is 11.6. The Kier molecular flexibility index (Phi) is 1.98. The first-order valence-electron chi connectivity index (χ1n) is 4.88. The minimum atomic E-state index is -0.391. The molecule has 0 radical (unpaired) electrons. The van der Waals surface area contributed by atoms with Crippen LogP contribution >= 0.6 is 0 Å². The topological polar surface area (TPSA) is 40.6 Å². The summed E-state index contributed by atoms with van der Waals surface area (Å²) < 4.78 is 0. The quantitative estimate of drug-likeness (QED) is 0.550. The fourth-order valence-electron chi connectivity index (χ4n) is 2.04. The molecular weight excluding hydrogens is 168 g/mol. The molecule has 2 aliphatic heterocycles. The van der Waals surface area contributed by atoms with Crippen molar-refractivity contribution < 1.29 is 9.59 Å². The fraction of sp³-hybridized carbons (Fsp3) is 0.778. The molecule has 13 heavy (non-hydrogen) atoms. The van der Waals surface area contributed by atoms with Gasteiger partial charge in [0, 0.05) is 13.1 Å². The fourth-order valence-corrected chi connectivity index (χ4v) is 2.04. The van der Waals surface area contributed by atoms with Crippen LogP contribution in [0.25, 0.3) is 0 Å². The van der Waals surface area contributed by atoms with E-state index < -0.39 is 5.92 Å². The summed E-state index contributed by atoms with van der Waals surface area (Å²) in [4.78, 5) is 23.3.